The lowest BCUT2D eigenvalue weighted by Crippen LogP contribution is -2.17. The van der Waals surface area contributed by atoms with Crippen LogP contribution >= 0.6 is 0 Å². The number of rotatable bonds is 0. The van der Waals surface area contributed by atoms with Crippen LogP contribution in [-0.4, -0.2) is 0 Å². The van der Waals surface area contributed by atoms with Gasteiger partial charge in [-0.2, -0.15) is 0 Å². The first kappa shape index (κ1) is 14.3. The molecule has 0 atom stereocenters. The zero-order valence-corrected chi connectivity index (χ0v) is 15.1. The molecule has 0 amide bonds. The molecule has 0 heteroatoms. The van der Waals surface area contributed by atoms with Gasteiger partial charge in [-0.25, -0.2) is 0 Å². The van der Waals surface area contributed by atoms with Gasteiger partial charge in [-0.1, -0.05) is 86.6 Å². The molecule has 6 rings (SSSR count). The van der Waals surface area contributed by atoms with Crippen molar-refractivity contribution in [3.05, 3.63) is 95.1 Å². The van der Waals surface area contributed by atoms with Gasteiger partial charge in [-0.05, 0) is 61.7 Å². The van der Waals surface area contributed by atoms with Crippen LogP contribution in [0, 0.1) is 0 Å². The van der Waals surface area contributed by atoms with Crippen LogP contribution in [0.3, 0.4) is 0 Å². The highest BCUT2D eigenvalue weighted by Gasteiger charge is 2.41. The zero-order valence-electron chi connectivity index (χ0n) is 15.1. The topological polar surface area (TPSA) is 0 Å². The van der Waals surface area contributed by atoms with Gasteiger partial charge in [0.05, 0.1) is 0 Å². The number of hydrogen-bond acceptors (Lipinski definition) is 0. The normalized spacial score (nSPS) is 15.5. The Morgan fingerprint density at radius 1 is 0.654 bits per heavy atom. The maximum absolute atomic E-state index is 2.40. The van der Waals surface area contributed by atoms with Crippen molar-refractivity contribution < 1.29 is 0 Å². The summed E-state index contributed by atoms with van der Waals surface area (Å²) in [5.41, 5.74) is 11.8. The van der Waals surface area contributed by atoms with Crippen LogP contribution in [0.15, 0.2) is 72.8 Å². The van der Waals surface area contributed by atoms with Crippen LogP contribution in [0.1, 0.15) is 36.1 Å². The van der Waals surface area contributed by atoms with Crippen molar-refractivity contribution in [1.82, 2.24) is 0 Å². The molecule has 0 saturated carbocycles. The highest BCUT2D eigenvalue weighted by molar-refractivity contribution is 6.11. The van der Waals surface area contributed by atoms with Crippen LogP contribution in [-0.2, 0) is 11.8 Å². The predicted molar refractivity (Wildman–Crippen MR) is 110 cm³/mol. The monoisotopic (exact) mass is 332 g/mol. The third-order valence-corrected chi connectivity index (χ3v) is 6.47. The van der Waals surface area contributed by atoms with Gasteiger partial charge in [-0.3, -0.25) is 0 Å². The summed E-state index contributed by atoms with van der Waals surface area (Å²) in [6.07, 6.45) is 1.05. The first-order valence-electron chi connectivity index (χ1n) is 9.44. The second-order valence-electron chi connectivity index (χ2n) is 8.15. The van der Waals surface area contributed by atoms with Crippen molar-refractivity contribution >= 4 is 10.8 Å². The van der Waals surface area contributed by atoms with Gasteiger partial charge >= 0.3 is 0 Å². The van der Waals surface area contributed by atoms with Gasteiger partial charge in [0.2, 0.25) is 0 Å². The van der Waals surface area contributed by atoms with Gasteiger partial charge in [0, 0.05) is 5.41 Å². The largest absolute Gasteiger partial charge is 0.0619 e. The van der Waals surface area contributed by atoms with Gasteiger partial charge in [-0.15, -0.1) is 0 Å². The van der Waals surface area contributed by atoms with E-state index in [1.165, 1.54) is 44.2 Å². The minimum absolute atomic E-state index is 0.0437. The standard InChI is InChI=1S/C26H20/c1-26(2)22-14-8-7-13-20(22)24-19-12-6-5-11-18(19)23-17-10-4-3-9-16(17)15-21(23)25(24)26/h3-14H,15H2,1-2H3. The third kappa shape index (κ3) is 1.56. The molecule has 0 fully saturated rings. The molecule has 2 aliphatic rings. The van der Waals surface area contributed by atoms with Crippen LogP contribution in [0.2, 0.25) is 0 Å². The first-order valence-corrected chi connectivity index (χ1v) is 9.44. The molecule has 26 heavy (non-hydrogen) atoms. The molecule has 0 spiro atoms. The smallest absolute Gasteiger partial charge is 0.0162 e. The Labute approximate surface area is 154 Å². The van der Waals surface area contributed by atoms with Gasteiger partial charge in [0.15, 0.2) is 0 Å². The molecule has 0 radical (unpaired) electrons. The number of hydrogen-bond donors (Lipinski definition) is 0. The predicted octanol–water partition coefficient (Wildman–Crippen LogP) is 6.72. The molecular weight excluding hydrogens is 312 g/mol. The summed E-state index contributed by atoms with van der Waals surface area (Å²) in [4.78, 5) is 0. The fourth-order valence-corrected chi connectivity index (χ4v) is 5.44. The Hall–Kier alpha value is -2.86. The molecule has 4 aromatic carbocycles. The number of fused-ring (bicyclic) bond motifs is 10. The van der Waals surface area contributed by atoms with Gasteiger partial charge in [0.25, 0.3) is 0 Å². The summed E-state index contributed by atoms with van der Waals surface area (Å²) in [5.74, 6) is 0. The molecule has 0 aliphatic heterocycles. The molecule has 0 unspecified atom stereocenters. The second kappa shape index (κ2) is 4.65. The van der Waals surface area contributed by atoms with Crippen molar-refractivity contribution in [2.75, 3.05) is 0 Å². The molecular formula is C26H20. The molecule has 0 N–H and O–H groups in total. The highest BCUT2D eigenvalue weighted by atomic mass is 14.4. The fourth-order valence-electron chi connectivity index (χ4n) is 5.44. The SMILES string of the molecule is CC1(C)c2ccccc2-c2c1c1c(c3ccccc23)-c2ccccc2C1. The average Bonchev–Trinajstić information content (AvgIpc) is 3.16. The Balaban J connectivity index is 1.87. The molecule has 4 aromatic rings. The molecule has 0 bridgehead atoms. The number of benzene rings is 4. The summed E-state index contributed by atoms with van der Waals surface area (Å²) in [6, 6.07) is 26.9. The summed E-state index contributed by atoms with van der Waals surface area (Å²) < 4.78 is 0. The van der Waals surface area contributed by atoms with Crippen LogP contribution in [0.25, 0.3) is 33.0 Å². The fraction of sp³-hybridized carbons (Fsp3) is 0.154. The average molecular weight is 332 g/mol. The highest BCUT2D eigenvalue weighted by Crippen LogP contribution is 2.57. The van der Waals surface area contributed by atoms with Crippen molar-refractivity contribution in [2.45, 2.75) is 25.7 Å². The van der Waals surface area contributed by atoms with Crippen LogP contribution in [0.4, 0.5) is 0 Å². The van der Waals surface area contributed by atoms with Crippen molar-refractivity contribution in [1.29, 1.82) is 0 Å². The first-order chi connectivity index (χ1) is 12.7. The summed E-state index contributed by atoms with van der Waals surface area (Å²) >= 11 is 0. The van der Waals surface area contributed by atoms with Gasteiger partial charge < -0.3 is 0 Å². The van der Waals surface area contributed by atoms with E-state index in [4.69, 9.17) is 0 Å². The minimum atomic E-state index is 0.0437. The van der Waals surface area contributed by atoms with Crippen molar-refractivity contribution in [3.63, 3.8) is 0 Å². The van der Waals surface area contributed by atoms with E-state index < -0.39 is 0 Å². The Kier molecular flexibility index (Phi) is 2.56. The second-order valence-corrected chi connectivity index (χ2v) is 8.15. The third-order valence-electron chi connectivity index (χ3n) is 6.47. The van der Waals surface area contributed by atoms with E-state index in [0.29, 0.717) is 0 Å². The van der Waals surface area contributed by atoms with Crippen molar-refractivity contribution in [3.8, 4) is 22.3 Å². The maximum Gasteiger partial charge on any atom is 0.0162 e. The van der Waals surface area contributed by atoms with E-state index in [-0.39, 0.29) is 5.41 Å². The van der Waals surface area contributed by atoms with E-state index in [1.807, 2.05) is 0 Å². The lowest BCUT2D eigenvalue weighted by atomic mass is 9.78. The molecule has 0 heterocycles. The summed E-state index contributed by atoms with van der Waals surface area (Å²) in [6.45, 7) is 4.80. The minimum Gasteiger partial charge on any atom is -0.0619 e. The molecule has 0 saturated heterocycles. The molecule has 0 nitrogen and oxygen atoms in total. The van der Waals surface area contributed by atoms with E-state index >= 15 is 0 Å². The van der Waals surface area contributed by atoms with Crippen molar-refractivity contribution in [2.24, 2.45) is 0 Å². The van der Waals surface area contributed by atoms with Gasteiger partial charge in [0.1, 0.15) is 0 Å². The summed E-state index contributed by atoms with van der Waals surface area (Å²) in [5, 5.41) is 2.80. The Morgan fingerprint density at radius 2 is 1.27 bits per heavy atom. The lowest BCUT2D eigenvalue weighted by Gasteiger charge is -2.25. The van der Waals surface area contributed by atoms with Crippen LogP contribution in [0.5, 0.6) is 0 Å². The van der Waals surface area contributed by atoms with E-state index in [0.717, 1.165) is 6.42 Å². The van der Waals surface area contributed by atoms with E-state index in [2.05, 4.69) is 86.6 Å². The summed E-state index contributed by atoms with van der Waals surface area (Å²) in [7, 11) is 0. The van der Waals surface area contributed by atoms with E-state index in [1.54, 1.807) is 11.1 Å². The molecule has 0 aromatic heterocycles. The molecule has 124 valence electrons. The quantitative estimate of drug-likeness (QED) is 0.295. The van der Waals surface area contributed by atoms with Crippen LogP contribution < -0.4 is 0 Å². The molecule has 2 aliphatic carbocycles. The zero-order chi connectivity index (χ0) is 17.5. The Bertz CT molecular complexity index is 1220. The Morgan fingerprint density at radius 3 is 2.08 bits per heavy atom. The van der Waals surface area contributed by atoms with E-state index in [9.17, 15) is 0 Å². The lowest BCUT2D eigenvalue weighted by molar-refractivity contribution is 0.655. The maximum atomic E-state index is 2.40.